The van der Waals surface area contributed by atoms with E-state index in [4.69, 9.17) is 16.0 Å². The monoisotopic (exact) mass is 397 g/mol. The third kappa shape index (κ3) is 2.79. The molecule has 3 rings (SSSR count). The fraction of sp³-hybridized carbons (Fsp3) is 0.125. The summed E-state index contributed by atoms with van der Waals surface area (Å²) in [7, 11) is 0. The average molecular weight is 398 g/mol. The molecule has 1 heterocycles. The minimum absolute atomic E-state index is 0.0945. The zero-order valence-corrected chi connectivity index (χ0v) is 13.8. The molecule has 20 heavy (non-hydrogen) atoms. The molecule has 3 aromatic rings. The molecule has 0 amide bonds. The Morgan fingerprint density at radius 2 is 1.95 bits per heavy atom. The van der Waals surface area contributed by atoms with Gasteiger partial charge in [-0.15, -0.1) is 0 Å². The molecule has 4 heteroatoms. The predicted molar refractivity (Wildman–Crippen MR) is 92.4 cm³/mol. The minimum Gasteiger partial charge on any atom is -0.459 e. The molecule has 2 nitrogen and oxygen atoms in total. The second-order valence-corrected chi connectivity index (χ2v) is 6.28. The number of hydrogen-bond donors (Lipinski definition) is 1. The lowest BCUT2D eigenvalue weighted by molar-refractivity contribution is 0.526. The van der Waals surface area contributed by atoms with E-state index in [1.807, 2.05) is 36.4 Å². The molecule has 0 aliphatic heterocycles. The van der Waals surface area contributed by atoms with Gasteiger partial charge in [-0.05, 0) is 59.8 Å². The van der Waals surface area contributed by atoms with Gasteiger partial charge in [0.05, 0.1) is 6.04 Å². The summed E-state index contributed by atoms with van der Waals surface area (Å²) in [6.07, 6.45) is 0. The second-order valence-electron chi connectivity index (χ2n) is 4.68. The summed E-state index contributed by atoms with van der Waals surface area (Å²) in [5.74, 6) is 0.928. The van der Waals surface area contributed by atoms with Crippen LogP contribution >= 0.6 is 34.2 Å². The maximum atomic E-state index is 5.97. The van der Waals surface area contributed by atoms with E-state index in [1.165, 1.54) is 0 Å². The molecule has 0 saturated heterocycles. The number of benzene rings is 2. The molecule has 0 saturated carbocycles. The highest BCUT2D eigenvalue weighted by molar-refractivity contribution is 14.1. The summed E-state index contributed by atoms with van der Waals surface area (Å²) in [5, 5.41) is 5.33. The van der Waals surface area contributed by atoms with Crippen molar-refractivity contribution in [3.05, 3.63) is 62.9 Å². The molecule has 0 fully saturated rings. The van der Waals surface area contributed by atoms with Crippen LogP contribution in [0.3, 0.4) is 0 Å². The van der Waals surface area contributed by atoms with E-state index in [2.05, 4.69) is 47.0 Å². The van der Waals surface area contributed by atoms with E-state index in [0.29, 0.717) is 0 Å². The third-order valence-electron chi connectivity index (χ3n) is 3.17. The molecule has 1 atom stereocenters. The highest BCUT2D eigenvalue weighted by atomic mass is 127. The van der Waals surface area contributed by atoms with Crippen molar-refractivity contribution < 1.29 is 4.42 Å². The van der Waals surface area contributed by atoms with E-state index in [9.17, 15) is 0 Å². The summed E-state index contributed by atoms with van der Waals surface area (Å²) in [4.78, 5) is 0. The first kappa shape index (κ1) is 13.8. The lowest BCUT2D eigenvalue weighted by Gasteiger charge is -2.14. The Hall–Kier alpha value is -1.20. The molecule has 1 N–H and O–H groups in total. The fourth-order valence-corrected chi connectivity index (χ4v) is 3.15. The van der Waals surface area contributed by atoms with Gasteiger partial charge in [-0.3, -0.25) is 0 Å². The van der Waals surface area contributed by atoms with Gasteiger partial charge >= 0.3 is 0 Å². The summed E-state index contributed by atoms with van der Waals surface area (Å²) in [5.41, 5.74) is 1.98. The maximum absolute atomic E-state index is 5.97. The average Bonchev–Trinajstić information content (AvgIpc) is 2.86. The van der Waals surface area contributed by atoms with Gasteiger partial charge in [-0.2, -0.15) is 0 Å². The van der Waals surface area contributed by atoms with Crippen LogP contribution in [0.25, 0.3) is 11.0 Å². The van der Waals surface area contributed by atoms with Crippen molar-refractivity contribution in [1.82, 2.24) is 0 Å². The first-order chi connectivity index (χ1) is 9.63. The highest BCUT2D eigenvalue weighted by Gasteiger charge is 2.12. The first-order valence-electron chi connectivity index (χ1n) is 6.33. The smallest absolute Gasteiger partial charge is 0.134 e. The zero-order chi connectivity index (χ0) is 14.1. The van der Waals surface area contributed by atoms with Crippen molar-refractivity contribution in [3.8, 4) is 0 Å². The first-order valence-corrected chi connectivity index (χ1v) is 7.79. The molecule has 0 bridgehead atoms. The Balaban J connectivity index is 1.86. The van der Waals surface area contributed by atoms with Crippen LogP contribution in [0.15, 0.2) is 52.9 Å². The van der Waals surface area contributed by atoms with Crippen LogP contribution in [0.4, 0.5) is 5.69 Å². The number of furan rings is 1. The van der Waals surface area contributed by atoms with Crippen LogP contribution in [0.1, 0.15) is 18.7 Å². The Kier molecular flexibility index (Phi) is 3.89. The molecule has 2 aromatic carbocycles. The van der Waals surface area contributed by atoms with E-state index < -0.39 is 0 Å². The molecular formula is C16H13ClINO. The van der Waals surface area contributed by atoms with Crippen LogP contribution in [0.2, 0.25) is 5.02 Å². The van der Waals surface area contributed by atoms with Crippen molar-refractivity contribution >= 4 is 50.8 Å². The summed E-state index contributed by atoms with van der Waals surface area (Å²) in [6.45, 7) is 2.09. The number of fused-ring (bicyclic) bond motifs is 1. The molecule has 0 spiro atoms. The van der Waals surface area contributed by atoms with Crippen LogP contribution in [0.5, 0.6) is 0 Å². The predicted octanol–water partition coefficient (Wildman–Crippen LogP) is 5.86. The van der Waals surface area contributed by atoms with Crippen molar-refractivity contribution in [2.45, 2.75) is 13.0 Å². The van der Waals surface area contributed by atoms with Gasteiger partial charge in [0.2, 0.25) is 0 Å². The standard InChI is InChI=1S/C16H13ClINO/c1-10(19-14-7-6-12(17)9-13(14)18)16-8-11-4-2-3-5-15(11)20-16/h2-10,19H,1H3. The van der Waals surface area contributed by atoms with E-state index in [0.717, 1.165) is 31.0 Å². The molecule has 102 valence electrons. The van der Waals surface area contributed by atoms with E-state index >= 15 is 0 Å². The van der Waals surface area contributed by atoms with Crippen LogP contribution in [0, 0.1) is 3.57 Å². The van der Waals surface area contributed by atoms with Crippen molar-refractivity contribution in [1.29, 1.82) is 0 Å². The van der Waals surface area contributed by atoms with Gasteiger partial charge in [-0.25, -0.2) is 0 Å². The Morgan fingerprint density at radius 1 is 1.15 bits per heavy atom. The lowest BCUT2D eigenvalue weighted by atomic mass is 10.2. The second kappa shape index (κ2) is 5.66. The van der Waals surface area contributed by atoms with Crippen LogP contribution < -0.4 is 5.32 Å². The molecule has 0 aliphatic rings. The van der Waals surface area contributed by atoms with E-state index in [1.54, 1.807) is 0 Å². The topological polar surface area (TPSA) is 25.2 Å². The van der Waals surface area contributed by atoms with Gasteiger partial charge in [0.25, 0.3) is 0 Å². The lowest BCUT2D eigenvalue weighted by Crippen LogP contribution is -2.06. The number of hydrogen-bond acceptors (Lipinski definition) is 2. The number of nitrogens with one attached hydrogen (secondary N) is 1. The fourth-order valence-electron chi connectivity index (χ4n) is 2.13. The maximum Gasteiger partial charge on any atom is 0.134 e. The Labute approximate surface area is 136 Å². The minimum atomic E-state index is 0.0945. The van der Waals surface area contributed by atoms with Crippen LogP contribution in [-0.4, -0.2) is 0 Å². The summed E-state index contributed by atoms with van der Waals surface area (Å²) >= 11 is 8.25. The van der Waals surface area contributed by atoms with Gasteiger partial charge in [0, 0.05) is 19.7 Å². The SMILES string of the molecule is CC(Nc1ccc(Cl)cc1I)c1cc2ccccc2o1. The van der Waals surface area contributed by atoms with Gasteiger partial charge in [0.1, 0.15) is 11.3 Å². The van der Waals surface area contributed by atoms with Gasteiger partial charge in [0.15, 0.2) is 0 Å². The normalized spacial score (nSPS) is 12.6. The molecule has 1 aromatic heterocycles. The zero-order valence-electron chi connectivity index (χ0n) is 10.9. The molecular weight excluding hydrogens is 385 g/mol. The van der Waals surface area contributed by atoms with Gasteiger partial charge < -0.3 is 9.73 Å². The molecule has 0 radical (unpaired) electrons. The van der Waals surface area contributed by atoms with Crippen molar-refractivity contribution in [2.75, 3.05) is 5.32 Å². The van der Waals surface area contributed by atoms with Crippen molar-refractivity contribution in [3.63, 3.8) is 0 Å². The number of rotatable bonds is 3. The van der Waals surface area contributed by atoms with E-state index in [-0.39, 0.29) is 6.04 Å². The van der Waals surface area contributed by atoms with Crippen molar-refractivity contribution in [2.24, 2.45) is 0 Å². The molecule has 0 aliphatic carbocycles. The quantitative estimate of drug-likeness (QED) is 0.560. The largest absolute Gasteiger partial charge is 0.459 e. The third-order valence-corrected chi connectivity index (χ3v) is 4.30. The number of para-hydroxylation sites is 1. The number of anilines is 1. The molecule has 1 unspecified atom stereocenters. The summed E-state index contributed by atoms with van der Waals surface area (Å²) < 4.78 is 6.97. The Morgan fingerprint density at radius 3 is 2.70 bits per heavy atom. The van der Waals surface area contributed by atoms with Crippen LogP contribution in [-0.2, 0) is 0 Å². The highest BCUT2D eigenvalue weighted by Crippen LogP contribution is 2.29. The summed E-state index contributed by atoms with van der Waals surface area (Å²) in [6, 6.07) is 16.0. The van der Waals surface area contributed by atoms with Gasteiger partial charge in [-0.1, -0.05) is 29.8 Å². The Bertz CT molecular complexity index is 720. The number of halogens is 2.